The monoisotopic (exact) mass is 313 g/mol. The van der Waals surface area contributed by atoms with Crippen LogP contribution in [-0.2, 0) is 21.5 Å². The molecular formula is C12H11NO5S2. The van der Waals surface area contributed by atoms with Gasteiger partial charge in [-0.15, -0.1) is 11.3 Å². The molecule has 1 heterocycles. The van der Waals surface area contributed by atoms with Crippen molar-refractivity contribution in [1.82, 2.24) is 4.89 Å². The number of carboxylic acid groups (broad SMARTS) is 1. The molecule has 0 fully saturated rings. The molecule has 0 aliphatic carbocycles. The molecule has 0 saturated heterocycles. The van der Waals surface area contributed by atoms with Crippen LogP contribution >= 0.6 is 11.3 Å². The zero-order valence-corrected chi connectivity index (χ0v) is 11.8. The number of hydrogen-bond donors (Lipinski definition) is 2. The first-order chi connectivity index (χ1) is 9.50. The van der Waals surface area contributed by atoms with Gasteiger partial charge in [0.2, 0.25) is 0 Å². The van der Waals surface area contributed by atoms with Crippen LogP contribution in [0.2, 0.25) is 0 Å². The Balaban J connectivity index is 2.04. The molecule has 106 valence electrons. The van der Waals surface area contributed by atoms with E-state index in [1.54, 1.807) is 24.3 Å². The third-order valence-electron chi connectivity index (χ3n) is 2.36. The van der Waals surface area contributed by atoms with Crippen LogP contribution in [0.5, 0.6) is 0 Å². The van der Waals surface area contributed by atoms with Crippen LogP contribution in [0.3, 0.4) is 0 Å². The number of aromatic carboxylic acids is 1. The zero-order valence-electron chi connectivity index (χ0n) is 10.1. The predicted molar refractivity (Wildman–Crippen MR) is 72.8 cm³/mol. The van der Waals surface area contributed by atoms with Crippen molar-refractivity contribution in [3.05, 3.63) is 52.2 Å². The summed E-state index contributed by atoms with van der Waals surface area (Å²) < 4.78 is 23.8. The lowest BCUT2D eigenvalue weighted by Gasteiger charge is -2.06. The molecule has 2 N–H and O–H groups in total. The Morgan fingerprint density at radius 2 is 1.95 bits per heavy atom. The maximum atomic E-state index is 11.9. The highest BCUT2D eigenvalue weighted by Crippen LogP contribution is 2.21. The number of hydrogen-bond acceptors (Lipinski definition) is 5. The summed E-state index contributed by atoms with van der Waals surface area (Å²) in [5.74, 6) is -1.29. The van der Waals surface area contributed by atoms with E-state index in [1.165, 1.54) is 11.4 Å². The van der Waals surface area contributed by atoms with Gasteiger partial charge in [-0.1, -0.05) is 35.2 Å². The van der Waals surface area contributed by atoms with E-state index in [9.17, 15) is 13.2 Å². The SMILES string of the molecule is O=C(O)c1sccc1S(=O)(=O)NOCc1ccccc1. The first-order valence-electron chi connectivity index (χ1n) is 5.49. The normalized spacial score (nSPS) is 11.4. The first-order valence-corrected chi connectivity index (χ1v) is 7.85. The fraction of sp³-hybridized carbons (Fsp3) is 0.0833. The Kier molecular flexibility index (Phi) is 4.50. The Bertz CT molecular complexity index is 694. The van der Waals surface area contributed by atoms with Crippen LogP contribution in [0.4, 0.5) is 0 Å². The van der Waals surface area contributed by atoms with Crippen molar-refractivity contribution in [2.75, 3.05) is 0 Å². The first kappa shape index (κ1) is 14.7. The largest absolute Gasteiger partial charge is 0.477 e. The number of carboxylic acids is 1. The minimum Gasteiger partial charge on any atom is -0.477 e. The molecular weight excluding hydrogens is 302 g/mol. The molecule has 0 aliphatic heterocycles. The van der Waals surface area contributed by atoms with Crippen molar-refractivity contribution in [2.45, 2.75) is 11.5 Å². The molecule has 8 heteroatoms. The second kappa shape index (κ2) is 6.14. The van der Waals surface area contributed by atoms with Crippen molar-refractivity contribution in [1.29, 1.82) is 0 Å². The summed E-state index contributed by atoms with van der Waals surface area (Å²) in [6.45, 7) is 0.0482. The Morgan fingerprint density at radius 1 is 1.25 bits per heavy atom. The maximum Gasteiger partial charge on any atom is 0.347 e. The minimum absolute atomic E-state index is 0.0482. The molecule has 0 atom stereocenters. The summed E-state index contributed by atoms with van der Waals surface area (Å²) in [5.41, 5.74) is 0.791. The second-order valence-corrected chi connectivity index (χ2v) is 6.31. The number of sulfonamides is 1. The molecule has 20 heavy (non-hydrogen) atoms. The highest BCUT2D eigenvalue weighted by molar-refractivity contribution is 7.89. The predicted octanol–water partition coefficient (Wildman–Crippen LogP) is 1.86. The van der Waals surface area contributed by atoms with Gasteiger partial charge in [-0.25, -0.2) is 13.2 Å². The lowest BCUT2D eigenvalue weighted by atomic mass is 10.2. The molecule has 0 aliphatic rings. The van der Waals surface area contributed by atoms with Gasteiger partial charge in [0.1, 0.15) is 9.77 Å². The summed E-state index contributed by atoms with van der Waals surface area (Å²) in [7, 11) is -4.01. The van der Waals surface area contributed by atoms with E-state index >= 15 is 0 Å². The standard InChI is InChI=1S/C12H11NO5S2/c14-12(15)11-10(6-7-19-11)20(16,17)13-18-8-9-4-2-1-3-5-9/h1-7,13H,8H2,(H,14,15). The van der Waals surface area contributed by atoms with E-state index in [2.05, 4.69) is 0 Å². The molecule has 1 aromatic carbocycles. The van der Waals surface area contributed by atoms with Crippen LogP contribution in [0.25, 0.3) is 0 Å². The lowest BCUT2D eigenvalue weighted by Crippen LogP contribution is -2.25. The molecule has 1 aromatic heterocycles. The van der Waals surface area contributed by atoms with Gasteiger partial charge in [-0.2, -0.15) is 0 Å². The van der Waals surface area contributed by atoms with Gasteiger partial charge in [0.15, 0.2) is 0 Å². The summed E-state index contributed by atoms with van der Waals surface area (Å²) in [6.07, 6.45) is 0. The average Bonchev–Trinajstić information content (AvgIpc) is 2.90. The van der Waals surface area contributed by atoms with Gasteiger partial charge in [-0.3, -0.25) is 4.84 Å². The van der Waals surface area contributed by atoms with Crippen LogP contribution in [-0.4, -0.2) is 19.5 Å². The number of thiophene rings is 1. The molecule has 0 unspecified atom stereocenters. The van der Waals surface area contributed by atoms with E-state index in [4.69, 9.17) is 9.94 Å². The third-order valence-corrected chi connectivity index (χ3v) is 4.65. The van der Waals surface area contributed by atoms with E-state index in [-0.39, 0.29) is 16.4 Å². The van der Waals surface area contributed by atoms with E-state index in [0.717, 1.165) is 16.9 Å². The number of benzene rings is 1. The van der Waals surface area contributed by atoms with E-state index in [1.807, 2.05) is 11.0 Å². The summed E-state index contributed by atoms with van der Waals surface area (Å²) in [4.78, 5) is 17.2. The highest BCUT2D eigenvalue weighted by Gasteiger charge is 2.23. The van der Waals surface area contributed by atoms with Crippen molar-refractivity contribution >= 4 is 27.3 Å². The number of nitrogens with one attached hydrogen (secondary N) is 1. The topological polar surface area (TPSA) is 92.7 Å². The molecule has 2 aromatic rings. The van der Waals surface area contributed by atoms with Crippen LogP contribution in [0.1, 0.15) is 15.2 Å². The molecule has 0 radical (unpaired) electrons. The molecule has 0 saturated carbocycles. The summed E-state index contributed by atoms with van der Waals surface area (Å²) >= 11 is 0.840. The number of rotatable bonds is 6. The Labute approximate surface area is 119 Å². The minimum atomic E-state index is -4.01. The van der Waals surface area contributed by atoms with Gasteiger partial charge in [0.05, 0.1) is 6.61 Å². The van der Waals surface area contributed by atoms with Crippen LogP contribution < -0.4 is 4.89 Å². The average molecular weight is 313 g/mol. The molecule has 6 nitrogen and oxygen atoms in total. The molecule has 2 rings (SSSR count). The van der Waals surface area contributed by atoms with E-state index < -0.39 is 16.0 Å². The van der Waals surface area contributed by atoms with Gasteiger partial charge in [0.25, 0.3) is 10.0 Å². The lowest BCUT2D eigenvalue weighted by molar-refractivity contribution is 0.0695. The van der Waals surface area contributed by atoms with Crippen molar-refractivity contribution < 1.29 is 23.2 Å². The van der Waals surface area contributed by atoms with Crippen molar-refractivity contribution in [3.63, 3.8) is 0 Å². The number of carbonyl (C=O) groups is 1. The smallest absolute Gasteiger partial charge is 0.347 e. The maximum absolute atomic E-state index is 11.9. The summed E-state index contributed by atoms with van der Waals surface area (Å²) in [5, 5.41) is 10.3. The van der Waals surface area contributed by atoms with Crippen LogP contribution in [0, 0.1) is 0 Å². The second-order valence-electron chi connectivity index (χ2n) is 3.78. The van der Waals surface area contributed by atoms with Gasteiger partial charge in [0, 0.05) is 0 Å². The van der Waals surface area contributed by atoms with E-state index in [0.29, 0.717) is 0 Å². The molecule has 0 amide bonds. The zero-order chi connectivity index (χ0) is 14.6. The van der Waals surface area contributed by atoms with Crippen LogP contribution in [0.15, 0.2) is 46.7 Å². The highest BCUT2D eigenvalue weighted by atomic mass is 32.2. The Morgan fingerprint density at radius 3 is 2.60 bits per heavy atom. The van der Waals surface area contributed by atoms with Crippen molar-refractivity contribution in [3.8, 4) is 0 Å². The fourth-order valence-corrected chi connectivity index (χ4v) is 3.54. The Hall–Kier alpha value is -1.74. The fourth-order valence-electron chi connectivity index (χ4n) is 1.47. The third kappa shape index (κ3) is 3.42. The molecule has 0 spiro atoms. The van der Waals surface area contributed by atoms with Gasteiger partial charge < -0.3 is 5.11 Å². The van der Waals surface area contributed by atoms with Crippen molar-refractivity contribution in [2.24, 2.45) is 0 Å². The molecule has 0 bridgehead atoms. The quantitative estimate of drug-likeness (QED) is 0.794. The summed E-state index contributed by atoms with van der Waals surface area (Å²) in [6, 6.07) is 10.2. The van der Waals surface area contributed by atoms with Gasteiger partial charge in [-0.05, 0) is 17.0 Å². The van der Waals surface area contributed by atoms with Gasteiger partial charge >= 0.3 is 5.97 Å².